The van der Waals surface area contributed by atoms with E-state index in [0.29, 0.717) is 25.6 Å². The standard InChI is InChI=1S/C18H26N2O2/c1-14(2)13-22-10-6-9-19-18(21)12-20-15(3)11-16-7-4-5-8-17(16)20/h4-5,7-8,11,14H,6,9-10,12-13H2,1-3H3,(H,19,21). The summed E-state index contributed by atoms with van der Waals surface area (Å²) < 4.78 is 7.56. The van der Waals surface area contributed by atoms with E-state index in [1.54, 1.807) is 0 Å². The summed E-state index contributed by atoms with van der Waals surface area (Å²) >= 11 is 0. The Labute approximate surface area is 132 Å². The maximum Gasteiger partial charge on any atom is 0.239 e. The molecule has 2 aromatic rings. The molecule has 0 aliphatic rings. The van der Waals surface area contributed by atoms with Crippen molar-refractivity contribution in [1.82, 2.24) is 9.88 Å². The smallest absolute Gasteiger partial charge is 0.239 e. The van der Waals surface area contributed by atoms with E-state index in [2.05, 4.69) is 41.9 Å². The van der Waals surface area contributed by atoms with Crippen molar-refractivity contribution in [1.29, 1.82) is 0 Å². The van der Waals surface area contributed by atoms with E-state index in [4.69, 9.17) is 4.74 Å². The van der Waals surface area contributed by atoms with Crippen LogP contribution in [0.4, 0.5) is 0 Å². The predicted molar refractivity (Wildman–Crippen MR) is 90.0 cm³/mol. The second-order valence-corrected chi connectivity index (χ2v) is 6.10. The molecule has 0 unspecified atom stereocenters. The van der Waals surface area contributed by atoms with Gasteiger partial charge in [-0.05, 0) is 36.8 Å². The molecule has 1 heterocycles. The van der Waals surface area contributed by atoms with Crippen LogP contribution in [0.3, 0.4) is 0 Å². The second kappa shape index (κ2) is 7.99. The van der Waals surface area contributed by atoms with Crippen LogP contribution in [-0.4, -0.2) is 30.2 Å². The quantitative estimate of drug-likeness (QED) is 0.761. The van der Waals surface area contributed by atoms with Crippen LogP contribution < -0.4 is 5.32 Å². The number of aromatic nitrogens is 1. The first-order valence-corrected chi connectivity index (χ1v) is 7.97. The van der Waals surface area contributed by atoms with Crippen LogP contribution in [0.5, 0.6) is 0 Å². The van der Waals surface area contributed by atoms with Crippen LogP contribution in [0, 0.1) is 12.8 Å². The highest BCUT2D eigenvalue weighted by Crippen LogP contribution is 2.18. The lowest BCUT2D eigenvalue weighted by Gasteiger charge is -2.10. The van der Waals surface area contributed by atoms with Crippen LogP contribution in [-0.2, 0) is 16.1 Å². The van der Waals surface area contributed by atoms with Gasteiger partial charge in [-0.2, -0.15) is 0 Å². The number of nitrogens with one attached hydrogen (secondary N) is 1. The Morgan fingerprint density at radius 2 is 2.09 bits per heavy atom. The van der Waals surface area contributed by atoms with Crippen LogP contribution in [0.25, 0.3) is 10.9 Å². The van der Waals surface area contributed by atoms with Crippen molar-refractivity contribution in [2.75, 3.05) is 19.8 Å². The average Bonchev–Trinajstić information content (AvgIpc) is 2.79. The highest BCUT2D eigenvalue weighted by molar-refractivity contribution is 5.84. The van der Waals surface area contributed by atoms with Crippen molar-refractivity contribution in [3.63, 3.8) is 0 Å². The number of carbonyl (C=O) groups excluding carboxylic acids is 1. The van der Waals surface area contributed by atoms with Crippen molar-refractivity contribution in [3.05, 3.63) is 36.0 Å². The third-order valence-electron chi connectivity index (χ3n) is 3.56. The number of carbonyl (C=O) groups is 1. The van der Waals surface area contributed by atoms with E-state index in [1.165, 1.54) is 5.39 Å². The highest BCUT2D eigenvalue weighted by Gasteiger charge is 2.08. The fourth-order valence-corrected chi connectivity index (χ4v) is 2.48. The number of hydrogen-bond donors (Lipinski definition) is 1. The predicted octanol–water partition coefficient (Wildman–Crippen LogP) is 3.13. The van der Waals surface area contributed by atoms with Gasteiger partial charge < -0.3 is 14.6 Å². The number of ether oxygens (including phenoxy) is 1. The first-order valence-electron chi connectivity index (χ1n) is 7.97. The molecule has 4 nitrogen and oxygen atoms in total. The van der Waals surface area contributed by atoms with Gasteiger partial charge in [-0.15, -0.1) is 0 Å². The molecule has 0 radical (unpaired) electrons. The summed E-state index contributed by atoms with van der Waals surface area (Å²) in [5.74, 6) is 0.605. The molecular formula is C18H26N2O2. The Bertz CT molecular complexity index is 617. The molecule has 1 aromatic heterocycles. The number of benzene rings is 1. The number of aryl methyl sites for hydroxylation is 1. The van der Waals surface area contributed by atoms with Crippen LogP contribution >= 0.6 is 0 Å². The molecule has 0 saturated carbocycles. The van der Waals surface area contributed by atoms with Gasteiger partial charge in [0.15, 0.2) is 0 Å². The molecule has 2 rings (SSSR count). The molecule has 0 saturated heterocycles. The minimum absolute atomic E-state index is 0.0494. The molecule has 1 aromatic carbocycles. The molecule has 0 bridgehead atoms. The fraction of sp³-hybridized carbons (Fsp3) is 0.500. The molecule has 0 aliphatic heterocycles. The van der Waals surface area contributed by atoms with E-state index in [0.717, 1.165) is 24.2 Å². The molecule has 1 amide bonds. The van der Waals surface area contributed by atoms with E-state index in [1.807, 2.05) is 19.1 Å². The normalized spacial score (nSPS) is 11.3. The summed E-state index contributed by atoms with van der Waals surface area (Å²) in [5.41, 5.74) is 2.21. The molecule has 1 N–H and O–H groups in total. The van der Waals surface area contributed by atoms with Gasteiger partial charge in [-0.1, -0.05) is 32.0 Å². The largest absolute Gasteiger partial charge is 0.381 e. The number of fused-ring (bicyclic) bond motifs is 1. The number of para-hydroxylation sites is 1. The highest BCUT2D eigenvalue weighted by atomic mass is 16.5. The summed E-state index contributed by atoms with van der Waals surface area (Å²) in [5, 5.41) is 4.14. The fourth-order valence-electron chi connectivity index (χ4n) is 2.48. The lowest BCUT2D eigenvalue weighted by molar-refractivity contribution is -0.121. The van der Waals surface area contributed by atoms with Crippen LogP contribution in [0.1, 0.15) is 26.0 Å². The van der Waals surface area contributed by atoms with E-state index >= 15 is 0 Å². The Morgan fingerprint density at radius 3 is 2.86 bits per heavy atom. The Kier molecular flexibility index (Phi) is 6.01. The van der Waals surface area contributed by atoms with Gasteiger partial charge in [0, 0.05) is 31.0 Å². The zero-order valence-electron chi connectivity index (χ0n) is 13.8. The van der Waals surface area contributed by atoms with Crippen molar-refractivity contribution >= 4 is 16.8 Å². The lowest BCUT2D eigenvalue weighted by atomic mass is 10.2. The van der Waals surface area contributed by atoms with E-state index in [9.17, 15) is 4.79 Å². The lowest BCUT2D eigenvalue weighted by Crippen LogP contribution is -2.29. The van der Waals surface area contributed by atoms with E-state index in [-0.39, 0.29) is 5.91 Å². The molecular weight excluding hydrogens is 276 g/mol. The van der Waals surface area contributed by atoms with E-state index < -0.39 is 0 Å². The van der Waals surface area contributed by atoms with Crippen LogP contribution in [0.15, 0.2) is 30.3 Å². The van der Waals surface area contributed by atoms with Crippen molar-refractivity contribution < 1.29 is 9.53 Å². The summed E-state index contributed by atoms with van der Waals surface area (Å²) in [6.45, 7) is 8.80. The minimum atomic E-state index is 0.0494. The molecule has 22 heavy (non-hydrogen) atoms. The summed E-state index contributed by atoms with van der Waals surface area (Å²) in [7, 11) is 0. The summed E-state index contributed by atoms with van der Waals surface area (Å²) in [6.07, 6.45) is 0.851. The maximum absolute atomic E-state index is 12.1. The SMILES string of the molecule is Cc1cc2ccccc2n1CC(=O)NCCCOCC(C)C. The molecule has 0 fully saturated rings. The van der Waals surface area contributed by atoms with Gasteiger partial charge in [-0.25, -0.2) is 0 Å². The Balaban J connectivity index is 1.78. The minimum Gasteiger partial charge on any atom is -0.381 e. The molecule has 120 valence electrons. The number of nitrogens with zero attached hydrogens (tertiary/aromatic N) is 1. The zero-order valence-corrected chi connectivity index (χ0v) is 13.8. The van der Waals surface area contributed by atoms with Crippen molar-refractivity contribution in [3.8, 4) is 0 Å². The third kappa shape index (κ3) is 4.60. The molecule has 0 atom stereocenters. The summed E-state index contributed by atoms with van der Waals surface area (Å²) in [6, 6.07) is 10.3. The third-order valence-corrected chi connectivity index (χ3v) is 3.56. The average molecular weight is 302 g/mol. The monoisotopic (exact) mass is 302 g/mol. The molecule has 0 spiro atoms. The number of hydrogen-bond acceptors (Lipinski definition) is 2. The van der Waals surface area contributed by atoms with Crippen LogP contribution in [0.2, 0.25) is 0 Å². The first kappa shape index (κ1) is 16.6. The second-order valence-electron chi connectivity index (χ2n) is 6.10. The molecule has 0 aliphatic carbocycles. The van der Waals surface area contributed by atoms with Gasteiger partial charge >= 0.3 is 0 Å². The van der Waals surface area contributed by atoms with Crippen molar-refractivity contribution in [2.45, 2.75) is 33.7 Å². The zero-order chi connectivity index (χ0) is 15.9. The van der Waals surface area contributed by atoms with Gasteiger partial charge in [0.2, 0.25) is 5.91 Å². The van der Waals surface area contributed by atoms with Gasteiger partial charge in [0.1, 0.15) is 6.54 Å². The first-order chi connectivity index (χ1) is 10.6. The topological polar surface area (TPSA) is 43.3 Å². The Morgan fingerprint density at radius 1 is 1.32 bits per heavy atom. The van der Waals surface area contributed by atoms with Crippen molar-refractivity contribution in [2.24, 2.45) is 5.92 Å². The van der Waals surface area contributed by atoms with Gasteiger partial charge in [-0.3, -0.25) is 4.79 Å². The number of rotatable bonds is 8. The maximum atomic E-state index is 12.1. The number of amides is 1. The van der Waals surface area contributed by atoms with Gasteiger partial charge in [0.25, 0.3) is 0 Å². The molecule has 4 heteroatoms. The summed E-state index contributed by atoms with van der Waals surface area (Å²) in [4.78, 5) is 12.1. The Hall–Kier alpha value is -1.81. The van der Waals surface area contributed by atoms with Gasteiger partial charge in [0.05, 0.1) is 0 Å².